The van der Waals surface area contributed by atoms with Gasteiger partial charge in [-0.25, -0.2) is 0 Å². The first-order chi connectivity index (χ1) is 11.1. The molecule has 3 N–H and O–H groups in total. The molecule has 1 heterocycles. The van der Waals surface area contributed by atoms with Gasteiger partial charge in [-0.05, 0) is 49.2 Å². The van der Waals surface area contributed by atoms with Crippen molar-refractivity contribution in [1.29, 1.82) is 0 Å². The van der Waals surface area contributed by atoms with Gasteiger partial charge in [0.15, 0.2) is 5.96 Å². The monoisotopic (exact) mass is 307 g/mol. The van der Waals surface area contributed by atoms with Gasteiger partial charge in [0.05, 0.1) is 0 Å². The molecule has 0 aliphatic rings. The van der Waals surface area contributed by atoms with Crippen LogP contribution in [-0.4, -0.2) is 12.5 Å². The number of benzene rings is 2. The van der Waals surface area contributed by atoms with E-state index in [4.69, 9.17) is 10.2 Å². The normalized spacial score (nSPS) is 11.8. The van der Waals surface area contributed by atoms with Crippen molar-refractivity contribution in [2.75, 3.05) is 11.9 Å². The van der Waals surface area contributed by atoms with Crippen LogP contribution in [0.3, 0.4) is 0 Å². The van der Waals surface area contributed by atoms with Crippen LogP contribution in [0, 0.1) is 13.8 Å². The molecule has 3 rings (SSSR count). The van der Waals surface area contributed by atoms with E-state index in [1.54, 1.807) is 0 Å². The maximum absolute atomic E-state index is 5.94. The number of nitrogens with two attached hydrogens (primary N) is 1. The molecule has 0 aliphatic carbocycles. The number of aryl methyl sites for hydroxylation is 2. The summed E-state index contributed by atoms with van der Waals surface area (Å²) >= 11 is 0. The lowest BCUT2D eigenvalue weighted by Crippen LogP contribution is -2.23. The third-order valence-electron chi connectivity index (χ3n) is 3.90. The minimum atomic E-state index is 0.421. The number of rotatable bonds is 4. The number of aliphatic imine (C=N–C) groups is 1. The molecule has 0 fully saturated rings. The van der Waals surface area contributed by atoms with E-state index in [1.807, 2.05) is 30.3 Å². The minimum Gasteiger partial charge on any atom is -0.461 e. The molecule has 0 atom stereocenters. The summed E-state index contributed by atoms with van der Waals surface area (Å²) in [4.78, 5) is 4.36. The SMILES string of the molecule is Cc1ccc(NC(N)=NCCc2cc3ccccc3o2)cc1C. The fourth-order valence-electron chi connectivity index (χ4n) is 2.45. The lowest BCUT2D eigenvalue weighted by atomic mass is 10.1. The van der Waals surface area contributed by atoms with Gasteiger partial charge in [0.2, 0.25) is 0 Å². The molecule has 4 heteroatoms. The Morgan fingerprint density at radius 2 is 1.91 bits per heavy atom. The Bertz CT molecular complexity index is 816. The maximum atomic E-state index is 5.94. The highest BCUT2D eigenvalue weighted by Gasteiger charge is 2.03. The van der Waals surface area contributed by atoms with Crippen molar-refractivity contribution >= 4 is 22.6 Å². The summed E-state index contributed by atoms with van der Waals surface area (Å²) in [6, 6.07) is 16.2. The van der Waals surface area contributed by atoms with Crippen LogP contribution in [-0.2, 0) is 6.42 Å². The molecule has 0 saturated carbocycles. The average molecular weight is 307 g/mol. The number of anilines is 1. The molecule has 0 aliphatic heterocycles. The molecule has 0 radical (unpaired) electrons. The summed E-state index contributed by atoms with van der Waals surface area (Å²) in [6.07, 6.45) is 0.726. The van der Waals surface area contributed by atoms with Gasteiger partial charge < -0.3 is 15.5 Å². The van der Waals surface area contributed by atoms with Crippen LogP contribution in [0.4, 0.5) is 5.69 Å². The Morgan fingerprint density at radius 1 is 1.09 bits per heavy atom. The summed E-state index contributed by atoms with van der Waals surface area (Å²) in [7, 11) is 0. The molecule has 118 valence electrons. The number of fused-ring (bicyclic) bond motifs is 1. The van der Waals surface area contributed by atoms with Gasteiger partial charge in [0.1, 0.15) is 11.3 Å². The molecule has 3 aromatic rings. The first-order valence-electron chi connectivity index (χ1n) is 7.73. The number of hydrogen-bond donors (Lipinski definition) is 2. The molecular weight excluding hydrogens is 286 g/mol. The molecule has 1 aromatic heterocycles. The van der Waals surface area contributed by atoms with Crippen LogP contribution < -0.4 is 11.1 Å². The van der Waals surface area contributed by atoms with E-state index in [-0.39, 0.29) is 0 Å². The highest BCUT2D eigenvalue weighted by molar-refractivity contribution is 5.92. The van der Waals surface area contributed by atoms with Crippen molar-refractivity contribution in [3.63, 3.8) is 0 Å². The smallest absolute Gasteiger partial charge is 0.193 e. The molecule has 0 bridgehead atoms. The Kier molecular flexibility index (Phi) is 4.33. The maximum Gasteiger partial charge on any atom is 0.193 e. The van der Waals surface area contributed by atoms with Crippen LogP contribution in [0.5, 0.6) is 0 Å². The van der Waals surface area contributed by atoms with Gasteiger partial charge in [-0.1, -0.05) is 24.3 Å². The van der Waals surface area contributed by atoms with Crippen LogP contribution in [0.25, 0.3) is 11.0 Å². The highest BCUT2D eigenvalue weighted by Crippen LogP contribution is 2.19. The van der Waals surface area contributed by atoms with Gasteiger partial charge >= 0.3 is 0 Å². The highest BCUT2D eigenvalue weighted by atomic mass is 16.3. The van der Waals surface area contributed by atoms with E-state index >= 15 is 0 Å². The third-order valence-corrected chi connectivity index (χ3v) is 3.90. The Morgan fingerprint density at radius 3 is 2.70 bits per heavy atom. The lowest BCUT2D eigenvalue weighted by molar-refractivity contribution is 0.550. The summed E-state index contributed by atoms with van der Waals surface area (Å²) < 4.78 is 5.77. The molecule has 0 amide bonds. The first-order valence-corrected chi connectivity index (χ1v) is 7.73. The summed E-state index contributed by atoms with van der Waals surface area (Å²) in [6.45, 7) is 4.75. The molecule has 2 aromatic carbocycles. The standard InChI is InChI=1S/C19H21N3O/c1-13-7-8-16(11-14(13)2)22-19(20)21-10-9-17-12-15-5-3-4-6-18(15)23-17/h3-8,11-12H,9-10H2,1-2H3,(H3,20,21,22). The van der Waals surface area contributed by atoms with Crippen molar-refractivity contribution in [1.82, 2.24) is 0 Å². The van der Waals surface area contributed by atoms with E-state index in [2.05, 4.69) is 42.4 Å². The third kappa shape index (κ3) is 3.72. The van der Waals surface area contributed by atoms with Crippen LogP contribution >= 0.6 is 0 Å². The largest absolute Gasteiger partial charge is 0.461 e. The number of furan rings is 1. The fraction of sp³-hybridized carbons (Fsp3) is 0.211. The van der Waals surface area contributed by atoms with Gasteiger partial charge in [0.25, 0.3) is 0 Å². The van der Waals surface area contributed by atoms with Gasteiger partial charge in [-0.15, -0.1) is 0 Å². The van der Waals surface area contributed by atoms with Gasteiger partial charge in [0, 0.05) is 24.0 Å². The number of para-hydroxylation sites is 1. The molecular formula is C19H21N3O. The summed E-state index contributed by atoms with van der Waals surface area (Å²) in [5.41, 5.74) is 10.3. The molecule has 0 saturated heterocycles. The lowest BCUT2D eigenvalue weighted by Gasteiger charge is -2.07. The molecule has 4 nitrogen and oxygen atoms in total. The Hall–Kier alpha value is -2.75. The number of nitrogens with zero attached hydrogens (tertiary/aromatic N) is 1. The van der Waals surface area contributed by atoms with Crippen LogP contribution in [0.15, 0.2) is 57.9 Å². The molecule has 23 heavy (non-hydrogen) atoms. The van der Waals surface area contributed by atoms with E-state index in [1.165, 1.54) is 11.1 Å². The minimum absolute atomic E-state index is 0.421. The Labute approximate surface area is 136 Å². The van der Waals surface area contributed by atoms with E-state index in [9.17, 15) is 0 Å². The van der Waals surface area contributed by atoms with Crippen molar-refractivity contribution < 1.29 is 4.42 Å². The van der Waals surface area contributed by atoms with Crippen molar-refractivity contribution in [3.8, 4) is 0 Å². The summed E-state index contributed by atoms with van der Waals surface area (Å²) in [5, 5.41) is 4.24. The molecule has 0 spiro atoms. The van der Waals surface area contributed by atoms with Crippen LogP contribution in [0.1, 0.15) is 16.9 Å². The number of hydrogen-bond acceptors (Lipinski definition) is 2. The van der Waals surface area contributed by atoms with Gasteiger partial charge in [-0.3, -0.25) is 4.99 Å². The van der Waals surface area contributed by atoms with E-state index in [0.717, 1.165) is 28.8 Å². The quantitative estimate of drug-likeness (QED) is 0.565. The average Bonchev–Trinajstić information content (AvgIpc) is 2.93. The molecule has 0 unspecified atom stereocenters. The first kappa shape index (κ1) is 15.2. The zero-order valence-electron chi connectivity index (χ0n) is 13.5. The van der Waals surface area contributed by atoms with E-state index in [0.29, 0.717) is 12.5 Å². The zero-order chi connectivity index (χ0) is 16.2. The fourth-order valence-corrected chi connectivity index (χ4v) is 2.45. The topological polar surface area (TPSA) is 63.5 Å². The Balaban J connectivity index is 1.59. The predicted molar refractivity (Wildman–Crippen MR) is 95.9 cm³/mol. The van der Waals surface area contributed by atoms with Crippen molar-refractivity contribution in [2.24, 2.45) is 10.7 Å². The predicted octanol–water partition coefficient (Wildman–Crippen LogP) is 4.02. The van der Waals surface area contributed by atoms with Crippen LogP contribution in [0.2, 0.25) is 0 Å². The van der Waals surface area contributed by atoms with E-state index < -0.39 is 0 Å². The van der Waals surface area contributed by atoms with Crippen molar-refractivity contribution in [3.05, 3.63) is 65.4 Å². The van der Waals surface area contributed by atoms with Gasteiger partial charge in [-0.2, -0.15) is 0 Å². The number of guanidine groups is 1. The number of nitrogens with one attached hydrogen (secondary N) is 1. The second kappa shape index (κ2) is 6.57. The second-order valence-corrected chi connectivity index (χ2v) is 5.69. The zero-order valence-corrected chi connectivity index (χ0v) is 13.5. The summed E-state index contributed by atoms with van der Waals surface area (Å²) in [5.74, 6) is 1.35. The second-order valence-electron chi connectivity index (χ2n) is 5.69. The van der Waals surface area contributed by atoms with Crippen molar-refractivity contribution in [2.45, 2.75) is 20.3 Å².